The summed E-state index contributed by atoms with van der Waals surface area (Å²) in [5.41, 5.74) is 5.54. The largest absolute Gasteiger partial charge is 0.372 e. The van der Waals surface area contributed by atoms with Gasteiger partial charge >= 0.3 is 0 Å². The summed E-state index contributed by atoms with van der Waals surface area (Å²) in [5.74, 6) is 0.736. The zero-order chi connectivity index (χ0) is 19.8. The Hall–Kier alpha value is -2.61. The molecule has 0 atom stereocenters. The number of aryl methyl sites for hydroxylation is 1. The molecule has 142 valence electrons. The molecule has 0 aromatic carbocycles. The van der Waals surface area contributed by atoms with Crippen LogP contribution >= 0.6 is 11.6 Å². The molecule has 4 rings (SSSR count). The topological polar surface area (TPSA) is 99.6 Å². The molecule has 3 heterocycles. The van der Waals surface area contributed by atoms with Crippen LogP contribution in [0.4, 0.5) is 4.39 Å². The molecule has 1 amide bonds. The number of rotatable bonds is 3. The number of carbonyl (C=O) groups excluding carboxylic acids is 1. The van der Waals surface area contributed by atoms with Crippen molar-refractivity contribution < 1.29 is 9.18 Å². The number of pyridine rings is 1. The Labute approximate surface area is 160 Å². The molecule has 0 bridgehead atoms. The van der Waals surface area contributed by atoms with Gasteiger partial charge in [0.05, 0.1) is 16.9 Å². The number of nitrogens with zero attached hydrogens (tertiary/aromatic N) is 5. The fourth-order valence-electron chi connectivity index (χ4n) is 2.75. The van der Waals surface area contributed by atoms with E-state index in [1.807, 2.05) is 19.2 Å². The van der Waals surface area contributed by atoms with Crippen LogP contribution in [0.2, 0.25) is 5.15 Å². The lowest BCUT2D eigenvalue weighted by atomic mass is 10.1. The molecule has 27 heavy (non-hydrogen) atoms. The van der Waals surface area contributed by atoms with E-state index in [9.17, 15) is 4.39 Å². The van der Waals surface area contributed by atoms with Crippen molar-refractivity contribution in [3.8, 4) is 5.95 Å². The number of fused-ring (bicyclic) bond motifs is 1. The minimum absolute atomic E-state index is 0.197. The first-order chi connectivity index (χ1) is 12.7. The van der Waals surface area contributed by atoms with Gasteiger partial charge in [0.1, 0.15) is 10.8 Å². The molecule has 3 aromatic heterocycles. The number of primary amides is 1. The molecule has 0 aliphatic heterocycles. The molecule has 1 aliphatic rings. The van der Waals surface area contributed by atoms with Crippen LogP contribution in [0.1, 0.15) is 49.7 Å². The second-order valence-electron chi connectivity index (χ2n) is 6.90. The highest BCUT2D eigenvalue weighted by Crippen LogP contribution is 2.42. The normalized spacial score (nSPS) is 14.0. The molecule has 9 heteroatoms. The highest BCUT2D eigenvalue weighted by atomic mass is 35.5. The van der Waals surface area contributed by atoms with Crippen molar-refractivity contribution in [2.45, 2.75) is 45.2 Å². The molecular weight excluding hydrogens is 371 g/mol. The van der Waals surface area contributed by atoms with Crippen molar-refractivity contribution in [3.63, 3.8) is 0 Å². The number of aromatic nitrogens is 5. The summed E-state index contributed by atoms with van der Waals surface area (Å²) in [6.07, 6.45) is 4.34. The third kappa shape index (κ3) is 4.05. The number of nitrogens with two attached hydrogens (primary N) is 1. The van der Waals surface area contributed by atoms with Crippen LogP contribution in [0.25, 0.3) is 16.9 Å². The van der Waals surface area contributed by atoms with Gasteiger partial charge in [-0.2, -0.15) is 14.8 Å². The van der Waals surface area contributed by atoms with Crippen LogP contribution < -0.4 is 5.73 Å². The number of alkyl halides is 1. The van der Waals surface area contributed by atoms with Gasteiger partial charge in [0.2, 0.25) is 6.41 Å². The van der Waals surface area contributed by atoms with Gasteiger partial charge in [0.15, 0.2) is 0 Å². The molecule has 0 saturated heterocycles. The predicted molar refractivity (Wildman–Crippen MR) is 101 cm³/mol. The van der Waals surface area contributed by atoms with E-state index in [1.54, 1.807) is 4.68 Å². The first-order valence-electron chi connectivity index (χ1n) is 8.49. The van der Waals surface area contributed by atoms with Crippen LogP contribution in [0.5, 0.6) is 0 Å². The van der Waals surface area contributed by atoms with Crippen LogP contribution in [0.15, 0.2) is 18.3 Å². The fourth-order valence-corrected chi connectivity index (χ4v) is 2.93. The Morgan fingerprint density at radius 1 is 1.33 bits per heavy atom. The maximum absolute atomic E-state index is 14.3. The summed E-state index contributed by atoms with van der Waals surface area (Å²) in [7, 11) is 0. The Balaban J connectivity index is 0.000000659. The molecule has 1 saturated carbocycles. The lowest BCUT2D eigenvalue weighted by molar-refractivity contribution is -0.106. The molecular formula is C18H20ClFN6O. The number of halogens is 2. The van der Waals surface area contributed by atoms with Crippen molar-refractivity contribution >= 4 is 28.9 Å². The first kappa shape index (κ1) is 19.2. The Bertz CT molecular complexity index is 993. The third-order valence-corrected chi connectivity index (χ3v) is 4.37. The van der Waals surface area contributed by atoms with Crippen molar-refractivity contribution in [1.29, 1.82) is 0 Å². The third-order valence-electron chi connectivity index (χ3n) is 4.18. The summed E-state index contributed by atoms with van der Waals surface area (Å²) < 4.78 is 16.0. The Morgan fingerprint density at radius 3 is 2.59 bits per heavy atom. The fraction of sp³-hybridized carbons (Fsp3) is 0.389. The average Bonchev–Trinajstić information content (AvgIpc) is 3.35. The molecule has 1 fully saturated rings. The molecule has 0 spiro atoms. The lowest BCUT2D eigenvalue weighted by Gasteiger charge is -2.14. The molecule has 2 N–H and O–H groups in total. The molecule has 1 aliphatic carbocycles. The predicted octanol–water partition coefficient (Wildman–Crippen LogP) is 3.36. The van der Waals surface area contributed by atoms with E-state index in [0.717, 1.165) is 35.1 Å². The summed E-state index contributed by atoms with van der Waals surface area (Å²) in [5, 5.41) is 5.89. The first-order valence-corrected chi connectivity index (χ1v) is 8.87. The Kier molecular flexibility index (Phi) is 5.10. The van der Waals surface area contributed by atoms with Gasteiger partial charge in [-0.1, -0.05) is 11.6 Å². The molecule has 0 unspecified atom stereocenters. The van der Waals surface area contributed by atoms with Crippen molar-refractivity contribution in [1.82, 2.24) is 24.7 Å². The van der Waals surface area contributed by atoms with E-state index >= 15 is 0 Å². The summed E-state index contributed by atoms with van der Waals surface area (Å²) in [4.78, 5) is 21.6. The highest BCUT2D eigenvalue weighted by molar-refractivity contribution is 6.29. The van der Waals surface area contributed by atoms with E-state index in [2.05, 4.69) is 20.7 Å². The van der Waals surface area contributed by atoms with E-state index in [4.69, 9.17) is 21.5 Å². The van der Waals surface area contributed by atoms with Crippen LogP contribution in [-0.2, 0) is 10.5 Å². The van der Waals surface area contributed by atoms with E-state index < -0.39 is 5.67 Å². The van der Waals surface area contributed by atoms with Crippen molar-refractivity contribution in [3.05, 3.63) is 40.6 Å². The minimum Gasteiger partial charge on any atom is -0.372 e. The quantitative estimate of drug-likeness (QED) is 0.546. The van der Waals surface area contributed by atoms with Crippen molar-refractivity contribution in [2.24, 2.45) is 5.73 Å². The van der Waals surface area contributed by atoms with E-state index in [1.165, 1.54) is 19.9 Å². The van der Waals surface area contributed by atoms with Crippen molar-refractivity contribution in [2.75, 3.05) is 0 Å². The van der Waals surface area contributed by atoms with Crippen LogP contribution in [-0.4, -0.2) is 31.1 Å². The van der Waals surface area contributed by atoms with Gasteiger partial charge in [-0.25, -0.2) is 9.37 Å². The lowest BCUT2D eigenvalue weighted by Crippen LogP contribution is -2.15. The number of carbonyl (C=O) groups is 1. The van der Waals surface area contributed by atoms with Gasteiger partial charge in [0, 0.05) is 29.3 Å². The van der Waals surface area contributed by atoms with Gasteiger partial charge in [-0.05, 0) is 39.7 Å². The molecule has 0 radical (unpaired) electrons. The standard InChI is InChI=1S/C17H17ClFN5.CH3NO/c1-9-6-12-11(8-20-9)15(10-4-5-10)23-24(12)16-21-13(17(2,3)19)7-14(18)22-16;2-1-3/h6-8,10H,4-5H2,1-3H3;1H,(H2,2,3). The summed E-state index contributed by atoms with van der Waals surface area (Å²) >= 11 is 6.10. The Morgan fingerprint density at radius 2 is 2.00 bits per heavy atom. The zero-order valence-corrected chi connectivity index (χ0v) is 16.0. The van der Waals surface area contributed by atoms with Gasteiger partial charge in [0.25, 0.3) is 5.95 Å². The number of hydrogen-bond donors (Lipinski definition) is 1. The average molecular weight is 391 g/mol. The van der Waals surface area contributed by atoms with Gasteiger partial charge < -0.3 is 5.73 Å². The smallest absolute Gasteiger partial charge is 0.252 e. The molecule has 7 nitrogen and oxygen atoms in total. The van der Waals surface area contributed by atoms with Gasteiger partial charge in [-0.15, -0.1) is 0 Å². The van der Waals surface area contributed by atoms with Gasteiger partial charge in [-0.3, -0.25) is 9.78 Å². The van der Waals surface area contributed by atoms with E-state index in [-0.39, 0.29) is 23.2 Å². The number of hydrogen-bond acceptors (Lipinski definition) is 5. The second-order valence-corrected chi connectivity index (χ2v) is 7.29. The monoisotopic (exact) mass is 390 g/mol. The SMILES string of the molecule is Cc1cc2c(cn1)c(C1CC1)nn2-c1nc(Cl)cc(C(C)(C)F)n1.NC=O. The zero-order valence-electron chi connectivity index (χ0n) is 15.3. The minimum atomic E-state index is -1.61. The highest BCUT2D eigenvalue weighted by Gasteiger charge is 2.30. The van der Waals surface area contributed by atoms with Crippen LogP contribution in [0, 0.1) is 6.92 Å². The second kappa shape index (κ2) is 7.19. The van der Waals surface area contributed by atoms with E-state index in [0.29, 0.717) is 5.92 Å². The summed E-state index contributed by atoms with van der Waals surface area (Å²) in [6.45, 7) is 4.81. The maximum atomic E-state index is 14.3. The van der Waals surface area contributed by atoms with Crippen LogP contribution in [0.3, 0.4) is 0 Å². The molecule has 3 aromatic rings. The maximum Gasteiger partial charge on any atom is 0.252 e. The number of amides is 1. The summed E-state index contributed by atoms with van der Waals surface area (Å²) in [6, 6.07) is 3.39.